The van der Waals surface area contributed by atoms with Crippen LogP contribution in [0.4, 0.5) is 0 Å². The number of esters is 1. The number of carbonyl (C=O) groups is 1. The van der Waals surface area contributed by atoms with Gasteiger partial charge in [0, 0.05) is 18.0 Å². The minimum Gasteiger partial charge on any atom is -0.462 e. The molecule has 0 amide bonds. The molecule has 0 aliphatic heterocycles. The zero-order valence-electron chi connectivity index (χ0n) is 8.80. The molecule has 2 rings (SSSR count). The largest absolute Gasteiger partial charge is 0.462 e. The van der Waals surface area contributed by atoms with Gasteiger partial charge in [0.15, 0.2) is 0 Å². The Balaban J connectivity index is 2.35. The Labute approximate surface area is 91.3 Å². The standard InChI is InChI=1S/C10H9N3O3/c1-6-3-7(5-11-4-6)8-12-9(16-13-8)10(14)15-2/h3-5H,1-2H3. The Morgan fingerprint density at radius 3 is 2.94 bits per heavy atom. The van der Waals surface area contributed by atoms with E-state index in [2.05, 4.69) is 19.9 Å². The number of pyridine rings is 1. The van der Waals surface area contributed by atoms with Crippen LogP contribution in [0.25, 0.3) is 11.4 Å². The molecule has 2 aromatic heterocycles. The van der Waals surface area contributed by atoms with Crippen molar-refractivity contribution in [1.29, 1.82) is 0 Å². The fourth-order valence-corrected chi connectivity index (χ4v) is 1.19. The Bertz CT molecular complexity index is 522. The van der Waals surface area contributed by atoms with Gasteiger partial charge in [0.05, 0.1) is 7.11 Å². The molecule has 0 saturated heterocycles. The summed E-state index contributed by atoms with van der Waals surface area (Å²) in [4.78, 5) is 19.0. The zero-order chi connectivity index (χ0) is 11.5. The molecule has 16 heavy (non-hydrogen) atoms. The van der Waals surface area contributed by atoms with E-state index in [0.29, 0.717) is 11.4 Å². The number of aryl methyl sites for hydroxylation is 1. The number of aromatic nitrogens is 3. The van der Waals surface area contributed by atoms with E-state index in [1.54, 1.807) is 12.4 Å². The van der Waals surface area contributed by atoms with Crippen LogP contribution in [0.15, 0.2) is 23.0 Å². The summed E-state index contributed by atoms with van der Waals surface area (Å²) < 4.78 is 9.21. The molecule has 0 atom stereocenters. The number of hydrogen-bond donors (Lipinski definition) is 0. The van der Waals surface area contributed by atoms with Crippen molar-refractivity contribution in [3.63, 3.8) is 0 Å². The van der Waals surface area contributed by atoms with Crippen molar-refractivity contribution in [1.82, 2.24) is 15.1 Å². The van der Waals surface area contributed by atoms with Crippen molar-refractivity contribution in [2.75, 3.05) is 7.11 Å². The molecule has 0 N–H and O–H groups in total. The quantitative estimate of drug-likeness (QED) is 0.707. The van der Waals surface area contributed by atoms with Crippen LogP contribution in [0.5, 0.6) is 0 Å². The van der Waals surface area contributed by atoms with E-state index in [1.165, 1.54) is 7.11 Å². The molecule has 0 spiro atoms. The molecule has 2 heterocycles. The number of methoxy groups -OCH3 is 1. The van der Waals surface area contributed by atoms with E-state index in [-0.39, 0.29) is 5.89 Å². The van der Waals surface area contributed by atoms with Crippen molar-refractivity contribution < 1.29 is 14.1 Å². The topological polar surface area (TPSA) is 78.1 Å². The molecule has 82 valence electrons. The van der Waals surface area contributed by atoms with Crippen LogP contribution in [0.1, 0.15) is 16.2 Å². The highest BCUT2D eigenvalue weighted by molar-refractivity contribution is 5.84. The SMILES string of the molecule is COC(=O)c1nc(-c2cncc(C)c2)no1. The molecular formula is C10H9N3O3. The fourth-order valence-electron chi connectivity index (χ4n) is 1.19. The molecule has 6 heteroatoms. The van der Waals surface area contributed by atoms with Gasteiger partial charge < -0.3 is 9.26 Å². The van der Waals surface area contributed by atoms with Crippen LogP contribution in [0, 0.1) is 6.92 Å². The van der Waals surface area contributed by atoms with Gasteiger partial charge in [-0.05, 0) is 18.6 Å². The summed E-state index contributed by atoms with van der Waals surface area (Å²) in [6, 6.07) is 1.85. The van der Waals surface area contributed by atoms with E-state index in [0.717, 1.165) is 5.56 Å². The second kappa shape index (κ2) is 4.09. The van der Waals surface area contributed by atoms with Crippen LogP contribution in [-0.2, 0) is 4.74 Å². The maximum atomic E-state index is 11.1. The van der Waals surface area contributed by atoms with Crippen molar-refractivity contribution >= 4 is 5.97 Å². The Morgan fingerprint density at radius 2 is 2.25 bits per heavy atom. The van der Waals surface area contributed by atoms with E-state index < -0.39 is 5.97 Å². The van der Waals surface area contributed by atoms with Gasteiger partial charge in [-0.1, -0.05) is 5.16 Å². The van der Waals surface area contributed by atoms with Crippen LogP contribution in [0.3, 0.4) is 0 Å². The van der Waals surface area contributed by atoms with E-state index >= 15 is 0 Å². The van der Waals surface area contributed by atoms with Crippen molar-refractivity contribution in [2.45, 2.75) is 6.92 Å². The monoisotopic (exact) mass is 219 g/mol. The number of ether oxygens (including phenoxy) is 1. The molecule has 0 fully saturated rings. The minimum absolute atomic E-state index is 0.168. The van der Waals surface area contributed by atoms with E-state index in [4.69, 9.17) is 4.52 Å². The highest BCUT2D eigenvalue weighted by Gasteiger charge is 2.16. The summed E-state index contributed by atoms with van der Waals surface area (Å²) in [5, 5.41) is 3.67. The summed E-state index contributed by atoms with van der Waals surface area (Å²) in [6.07, 6.45) is 3.31. The molecule has 0 unspecified atom stereocenters. The van der Waals surface area contributed by atoms with Gasteiger partial charge in [0.2, 0.25) is 5.82 Å². The lowest BCUT2D eigenvalue weighted by atomic mass is 10.2. The van der Waals surface area contributed by atoms with E-state index in [1.807, 2.05) is 13.0 Å². The maximum Gasteiger partial charge on any atom is 0.397 e. The van der Waals surface area contributed by atoms with Crippen LogP contribution in [0.2, 0.25) is 0 Å². The first-order valence-electron chi connectivity index (χ1n) is 4.55. The maximum absolute atomic E-state index is 11.1. The number of rotatable bonds is 2. The van der Waals surface area contributed by atoms with Crippen LogP contribution in [-0.4, -0.2) is 28.2 Å². The fraction of sp³-hybridized carbons (Fsp3) is 0.200. The summed E-state index contributed by atoms with van der Waals surface area (Å²) in [5.74, 6) is -0.505. The molecule has 0 bridgehead atoms. The van der Waals surface area contributed by atoms with Gasteiger partial charge in [0.25, 0.3) is 0 Å². The highest BCUT2D eigenvalue weighted by atomic mass is 16.6. The summed E-state index contributed by atoms with van der Waals surface area (Å²) in [6.45, 7) is 1.90. The molecule has 6 nitrogen and oxygen atoms in total. The molecule has 2 aromatic rings. The third-order valence-corrected chi connectivity index (χ3v) is 1.92. The lowest BCUT2D eigenvalue weighted by molar-refractivity contribution is 0.0545. The zero-order valence-corrected chi connectivity index (χ0v) is 8.80. The van der Waals surface area contributed by atoms with Gasteiger partial charge >= 0.3 is 11.9 Å². The van der Waals surface area contributed by atoms with Gasteiger partial charge in [-0.3, -0.25) is 4.98 Å². The second-order valence-corrected chi connectivity index (χ2v) is 3.17. The van der Waals surface area contributed by atoms with Crippen molar-refractivity contribution in [3.8, 4) is 11.4 Å². The first kappa shape index (κ1) is 10.3. The first-order valence-corrected chi connectivity index (χ1v) is 4.55. The molecular weight excluding hydrogens is 210 g/mol. The first-order chi connectivity index (χ1) is 7.70. The average molecular weight is 219 g/mol. The Hall–Kier alpha value is -2.24. The molecule has 0 aromatic carbocycles. The summed E-state index contributed by atoms with van der Waals surface area (Å²) in [7, 11) is 1.25. The lowest BCUT2D eigenvalue weighted by Gasteiger charge is -1.94. The van der Waals surface area contributed by atoms with Crippen LogP contribution < -0.4 is 0 Å². The third-order valence-electron chi connectivity index (χ3n) is 1.92. The average Bonchev–Trinajstić information content (AvgIpc) is 2.77. The van der Waals surface area contributed by atoms with Crippen LogP contribution >= 0.6 is 0 Å². The molecule has 0 aliphatic rings. The molecule has 0 aliphatic carbocycles. The minimum atomic E-state index is -0.653. The van der Waals surface area contributed by atoms with Gasteiger partial charge in [-0.2, -0.15) is 4.98 Å². The molecule has 0 saturated carbocycles. The van der Waals surface area contributed by atoms with Gasteiger partial charge in [0.1, 0.15) is 0 Å². The van der Waals surface area contributed by atoms with E-state index in [9.17, 15) is 4.79 Å². The number of nitrogens with zero attached hydrogens (tertiary/aromatic N) is 3. The summed E-state index contributed by atoms with van der Waals surface area (Å²) >= 11 is 0. The Morgan fingerprint density at radius 1 is 1.44 bits per heavy atom. The number of hydrogen-bond acceptors (Lipinski definition) is 6. The number of carbonyl (C=O) groups excluding carboxylic acids is 1. The highest BCUT2D eigenvalue weighted by Crippen LogP contribution is 2.15. The predicted octanol–water partition coefficient (Wildman–Crippen LogP) is 1.23. The normalized spacial score (nSPS) is 10.1. The second-order valence-electron chi connectivity index (χ2n) is 3.17. The van der Waals surface area contributed by atoms with Gasteiger partial charge in [-0.25, -0.2) is 4.79 Å². The summed E-state index contributed by atoms with van der Waals surface area (Å²) in [5.41, 5.74) is 1.67. The van der Waals surface area contributed by atoms with Gasteiger partial charge in [-0.15, -0.1) is 0 Å². The smallest absolute Gasteiger partial charge is 0.397 e. The lowest BCUT2D eigenvalue weighted by Crippen LogP contribution is -2.00. The third kappa shape index (κ3) is 1.90. The Kier molecular flexibility index (Phi) is 2.63. The van der Waals surface area contributed by atoms with Crippen molar-refractivity contribution in [2.24, 2.45) is 0 Å². The molecule has 0 radical (unpaired) electrons. The van der Waals surface area contributed by atoms with Crippen molar-refractivity contribution in [3.05, 3.63) is 29.9 Å². The predicted molar refractivity (Wildman–Crippen MR) is 53.6 cm³/mol.